The maximum atomic E-state index is 5.51. The van der Waals surface area contributed by atoms with E-state index >= 15 is 0 Å². The average molecular weight is 260 g/mol. The van der Waals surface area contributed by atoms with Gasteiger partial charge in [0.2, 0.25) is 5.89 Å². The summed E-state index contributed by atoms with van der Waals surface area (Å²) in [4.78, 5) is 1.96. The summed E-state index contributed by atoms with van der Waals surface area (Å²) >= 11 is 1.79. The number of anilines is 1. The molecule has 0 saturated heterocycles. The minimum Gasteiger partial charge on any atom is -0.407 e. The average Bonchev–Trinajstić information content (AvgIpc) is 2.80. The Balaban J connectivity index is 2.31. The molecule has 1 aromatic rings. The monoisotopic (exact) mass is 260 g/mol. The van der Waals surface area contributed by atoms with Crippen LogP contribution in [0.5, 0.6) is 0 Å². The summed E-state index contributed by atoms with van der Waals surface area (Å²) in [5.41, 5.74) is 0. The van der Waals surface area contributed by atoms with Gasteiger partial charge in [0.15, 0.2) is 0 Å². The Bertz CT molecular complexity index is 308. The number of hydrogen-bond donors (Lipinski definition) is 1. The number of hydrogen-bond acceptors (Lipinski definition) is 7. The van der Waals surface area contributed by atoms with Gasteiger partial charge < -0.3 is 19.4 Å². The van der Waals surface area contributed by atoms with Crippen molar-refractivity contribution < 1.29 is 9.15 Å². The van der Waals surface area contributed by atoms with Gasteiger partial charge in [-0.2, -0.15) is 11.8 Å². The topological polar surface area (TPSA) is 63.4 Å². The van der Waals surface area contributed by atoms with Gasteiger partial charge in [0, 0.05) is 33.0 Å². The van der Waals surface area contributed by atoms with Crippen molar-refractivity contribution in [1.82, 2.24) is 15.5 Å². The minimum atomic E-state index is 0.572. The molecule has 7 heteroatoms. The van der Waals surface area contributed by atoms with Crippen molar-refractivity contribution in [1.29, 1.82) is 0 Å². The third kappa shape index (κ3) is 5.38. The van der Waals surface area contributed by atoms with E-state index in [1.54, 1.807) is 18.9 Å². The number of rotatable bonds is 9. The standard InChI is InChI=1S/C10H20N4O2S/c1-14(5-7-17-3)10-13-12-9(16-10)8-11-4-6-15-2/h11H,4-8H2,1-3H3. The Morgan fingerprint density at radius 2 is 2.29 bits per heavy atom. The molecule has 0 atom stereocenters. The van der Waals surface area contributed by atoms with Crippen LogP contribution >= 0.6 is 11.8 Å². The lowest BCUT2D eigenvalue weighted by Crippen LogP contribution is -2.20. The molecule has 0 amide bonds. The lowest BCUT2D eigenvalue weighted by molar-refractivity contribution is 0.198. The zero-order valence-electron chi connectivity index (χ0n) is 10.6. The quantitative estimate of drug-likeness (QED) is 0.652. The van der Waals surface area contributed by atoms with E-state index in [0.717, 1.165) is 18.8 Å². The molecule has 0 fully saturated rings. The first-order valence-electron chi connectivity index (χ1n) is 5.50. The Morgan fingerprint density at radius 3 is 3.00 bits per heavy atom. The molecule has 1 heterocycles. The van der Waals surface area contributed by atoms with Gasteiger partial charge >= 0.3 is 6.01 Å². The van der Waals surface area contributed by atoms with Crippen LogP contribution in [0, 0.1) is 0 Å². The van der Waals surface area contributed by atoms with Crippen LogP contribution in [0.15, 0.2) is 4.42 Å². The van der Waals surface area contributed by atoms with Crippen LogP contribution in [-0.2, 0) is 11.3 Å². The van der Waals surface area contributed by atoms with Crippen LogP contribution < -0.4 is 10.2 Å². The van der Waals surface area contributed by atoms with Gasteiger partial charge in [-0.15, -0.1) is 5.10 Å². The first kappa shape index (κ1) is 14.3. The minimum absolute atomic E-state index is 0.572. The molecule has 17 heavy (non-hydrogen) atoms. The highest BCUT2D eigenvalue weighted by Gasteiger charge is 2.09. The van der Waals surface area contributed by atoms with Crippen molar-refractivity contribution in [2.24, 2.45) is 0 Å². The van der Waals surface area contributed by atoms with E-state index in [0.29, 0.717) is 25.1 Å². The van der Waals surface area contributed by atoms with Crippen LogP contribution in [0.25, 0.3) is 0 Å². The fourth-order valence-corrected chi connectivity index (χ4v) is 1.62. The molecule has 0 aliphatic rings. The van der Waals surface area contributed by atoms with Gasteiger partial charge in [0.05, 0.1) is 13.2 Å². The van der Waals surface area contributed by atoms with Crippen LogP contribution in [0.4, 0.5) is 6.01 Å². The summed E-state index contributed by atoms with van der Waals surface area (Å²) in [5, 5.41) is 11.1. The van der Waals surface area contributed by atoms with Gasteiger partial charge in [0.1, 0.15) is 0 Å². The summed E-state index contributed by atoms with van der Waals surface area (Å²) in [6, 6.07) is 0.572. The SMILES string of the molecule is COCCNCc1nnc(N(C)CCSC)o1. The van der Waals surface area contributed by atoms with Crippen molar-refractivity contribution in [2.45, 2.75) is 6.54 Å². The molecule has 0 radical (unpaired) electrons. The molecular formula is C10H20N4O2S. The fraction of sp³-hybridized carbons (Fsp3) is 0.800. The van der Waals surface area contributed by atoms with E-state index in [4.69, 9.17) is 9.15 Å². The Hall–Kier alpha value is -0.790. The van der Waals surface area contributed by atoms with Gasteiger partial charge in [-0.1, -0.05) is 5.10 Å². The predicted molar refractivity (Wildman–Crippen MR) is 69.5 cm³/mol. The lowest BCUT2D eigenvalue weighted by Gasteiger charge is -2.11. The molecule has 0 saturated carbocycles. The maximum absolute atomic E-state index is 5.51. The van der Waals surface area contributed by atoms with Crippen molar-refractivity contribution in [3.05, 3.63) is 5.89 Å². The van der Waals surface area contributed by atoms with Crippen LogP contribution in [0.1, 0.15) is 5.89 Å². The highest BCUT2D eigenvalue weighted by atomic mass is 32.2. The summed E-state index contributed by atoms with van der Waals surface area (Å²) in [6.07, 6.45) is 2.08. The van der Waals surface area contributed by atoms with E-state index in [1.807, 2.05) is 11.9 Å². The molecule has 6 nitrogen and oxygen atoms in total. The van der Waals surface area contributed by atoms with Crippen molar-refractivity contribution in [3.63, 3.8) is 0 Å². The molecule has 0 aliphatic heterocycles. The molecule has 0 bridgehead atoms. The van der Waals surface area contributed by atoms with Gasteiger partial charge in [0.25, 0.3) is 0 Å². The normalized spacial score (nSPS) is 10.8. The summed E-state index contributed by atoms with van der Waals surface area (Å²) in [5.74, 6) is 1.65. The second-order valence-electron chi connectivity index (χ2n) is 3.56. The second-order valence-corrected chi connectivity index (χ2v) is 4.55. The van der Waals surface area contributed by atoms with Gasteiger partial charge in [-0.25, -0.2) is 0 Å². The van der Waals surface area contributed by atoms with Crippen LogP contribution in [0.2, 0.25) is 0 Å². The van der Waals surface area contributed by atoms with Crippen LogP contribution in [0.3, 0.4) is 0 Å². The Morgan fingerprint density at radius 1 is 1.47 bits per heavy atom. The zero-order valence-corrected chi connectivity index (χ0v) is 11.4. The number of ether oxygens (including phenoxy) is 1. The molecular weight excluding hydrogens is 240 g/mol. The smallest absolute Gasteiger partial charge is 0.317 e. The number of thioether (sulfide) groups is 1. The number of aromatic nitrogens is 2. The van der Waals surface area contributed by atoms with E-state index in [1.165, 1.54) is 0 Å². The summed E-state index contributed by atoms with van der Waals surface area (Å²) < 4.78 is 10.4. The maximum Gasteiger partial charge on any atom is 0.317 e. The van der Waals surface area contributed by atoms with Crippen LogP contribution in [-0.4, -0.2) is 56.1 Å². The largest absolute Gasteiger partial charge is 0.407 e. The highest BCUT2D eigenvalue weighted by Crippen LogP contribution is 2.10. The van der Waals surface area contributed by atoms with E-state index < -0.39 is 0 Å². The molecule has 0 aromatic carbocycles. The molecule has 0 spiro atoms. The molecule has 98 valence electrons. The number of nitrogens with zero attached hydrogens (tertiary/aromatic N) is 3. The number of nitrogens with one attached hydrogen (secondary N) is 1. The molecule has 0 unspecified atom stereocenters. The van der Waals surface area contributed by atoms with Crippen molar-refractivity contribution in [3.8, 4) is 0 Å². The predicted octanol–water partition coefficient (Wildman–Crippen LogP) is 0.605. The third-order valence-electron chi connectivity index (χ3n) is 2.17. The van der Waals surface area contributed by atoms with Crippen molar-refractivity contribution >= 4 is 17.8 Å². The Kier molecular flexibility index (Phi) is 6.99. The fourth-order valence-electron chi connectivity index (χ4n) is 1.16. The number of methoxy groups -OCH3 is 1. The molecule has 0 aliphatic carbocycles. The molecule has 1 N–H and O–H groups in total. The zero-order chi connectivity index (χ0) is 12.5. The Labute approximate surface area is 106 Å². The first-order chi connectivity index (χ1) is 8.27. The molecule has 1 aromatic heterocycles. The van der Waals surface area contributed by atoms with E-state index in [9.17, 15) is 0 Å². The molecule has 1 rings (SSSR count). The highest BCUT2D eigenvalue weighted by molar-refractivity contribution is 7.98. The van der Waals surface area contributed by atoms with E-state index in [-0.39, 0.29) is 0 Å². The van der Waals surface area contributed by atoms with E-state index in [2.05, 4.69) is 21.8 Å². The summed E-state index contributed by atoms with van der Waals surface area (Å²) in [7, 11) is 3.62. The van der Waals surface area contributed by atoms with Gasteiger partial charge in [-0.05, 0) is 6.26 Å². The van der Waals surface area contributed by atoms with Crippen molar-refractivity contribution in [2.75, 3.05) is 50.8 Å². The summed E-state index contributed by atoms with van der Waals surface area (Å²) in [6.45, 7) is 2.93. The van der Waals surface area contributed by atoms with Gasteiger partial charge in [-0.3, -0.25) is 0 Å². The second kappa shape index (κ2) is 8.32. The third-order valence-corrected chi connectivity index (χ3v) is 2.76. The lowest BCUT2D eigenvalue weighted by atomic mass is 10.6. The first-order valence-corrected chi connectivity index (χ1v) is 6.89.